The minimum absolute atomic E-state index is 0.562. The first-order chi connectivity index (χ1) is 12.0. The maximum absolute atomic E-state index is 6.14. The molecule has 3 rings (SSSR count). The van der Waals surface area contributed by atoms with Gasteiger partial charge in [-0.15, -0.1) is 0 Å². The summed E-state index contributed by atoms with van der Waals surface area (Å²) in [6.45, 7) is 5.29. The Morgan fingerprint density at radius 1 is 0.960 bits per heavy atom. The summed E-state index contributed by atoms with van der Waals surface area (Å²) in [7, 11) is 0. The van der Waals surface area contributed by atoms with E-state index in [1.165, 1.54) is 48.9 Å². The van der Waals surface area contributed by atoms with E-state index >= 15 is 0 Å². The van der Waals surface area contributed by atoms with Gasteiger partial charge < -0.3 is 5.32 Å². The molecule has 0 heterocycles. The van der Waals surface area contributed by atoms with E-state index in [1.54, 1.807) is 0 Å². The van der Waals surface area contributed by atoms with Gasteiger partial charge in [-0.3, -0.25) is 0 Å². The van der Waals surface area contributed by atoms with Crippen molar-refractivity contribution >= 4 is 28.9 Å². The minimum atomic E-state index is 0.562. The maximum Gasteiger partial charge on any atom is 0.0595 e. The fourth-order valence-electron chi connectivity index (χ4n) is 3.70. The Morgan fingerprint density at radius 2 is 1.72 bits per heavy atom. The molecule has 0 radical (unpaired) electrons. The van der Waals surface area contributed by atoms with Crippen molar-refractivity contribution in [3.63, 3.8) is 0 Å². The molecule has 2 aromatic rings. The second-order valence-corrected chi connectivity index (χ2v) is 8.25. The number of rotatable bonds is 5. The standard InChI is InChI=1S/C22H27Cl2N/c1-15(2)18-9-11-22(19(13-18)17-6-4-3-5-7-17)25-14-16-8-10-20(23)21(24)12-16/h8-13,15,17,25H,3-7,14H2,1-2H3. The highest BCUT2D eigenvalue weighted by atomic mass is 35.5. The Morgan fingerprint density at radius 3 is 2.40 bits per heavy atom. The zero-order valence-corrected chi connectivity index (χ0v) is 16.6. The second kappa shape index (κ2) is 8.47. The fourth-order valence-corrected chi connectivity index (χ4v) is 4.02. The van der Waals surface area contributed by atoms with E-state index < -0.39 is 0 Å². The molecule has 2 aromatic carbocycles. The molecule has 0 aromatic heterocycles. The summed E-state index contributed by atoms with van der Waals surface area (Å²) in [5.74, 6) is 1.25. The lowest BCUT2D eigenvalue weighted by Crippen LogP contribution is -2.10. The Labute approximate surface area is 161 Å². The molecule has 1 nitrogen and oxygen atoms in total. The van der Waals surface area contributed by atoms with E-state index in [4.69, 9.17) is 23.2 Å². The first-order valence-corrected chi connectivity index (χ1v) is 10.1. The molecule has 0 bridgehead atoms. The molecule has 3 heteroatoms. The SMILES string of the molecule is CC(C)c1ccc(NCc2ccc(Cl)c(Cl)c2)c(C2CCCCC2)c1. The predicted octanol–water partition coefficient (Wildman–Crippen LogP) is 7.78. The summed E-state index contributed by atoms with van der Waals surface area (Å²) in [5, 5.41) is 4.86. The molecule has 1 aliphatic rings. The van der Waals surface area contributed by atoms with Crippen molar-refractivity contribution in [3.05, 3.63) is 63.1 Å². The van der Waals surface area contributed by atoms with Gasteiger partial charge in [0.2, 0.25) is 0 Å². The lowest BCUT2D eigenvalue weighted by atomic mass is 9.82. The van der Waals surface area contributed by atoms with Crippen LogP contribution >= 0.6 is 23.2 Å². The highest BCUT2D eigenvalue weighted by molar-refractivity contribution is 6.42. The van der Waals surface area contributed by atoms with Crippen LogP contribution < -0.4 is 5.32 Å². The van der Waals surface area contributed by atoms with Crippen LogP contribution in [-0.2, 0) is 6.54 Å². The molecule has 1 aliphatic carbocycles. The van der Waals surface area contributed by atoms with E-state index in [2.05, 4.69) is 37.4 Å². The highest BCUT2D eigenvalue weighted by Crippen LogP contribution is 2.38. The van der Waals surface area contributed by atoms with E-state index in [9.17, 15) is 0 Å². The third-order valence-electron chi connectivity index (χ3n) is 5.25. The monoisotopic (exact) mass is 375 g/mol. The third-order valence-corrected chi connectivity index (χ3v) is 5.99. The van der Waals surface area contributed by atoms with Crippen LogP contribution in [-0.4, -0.2) is 0 Å². The van der Waals surface area contributed by atoms with Gasteiger partial charge >= 0.3 is 0 Å². The maximum atomic E-state index is 6.14. The molecule has 1 N–H and O–H groups in total. The van der Waals surface area contributed by atoms with Crippen molar-refractivity contribution in [2.24, 2.45) is 0 Å². The summed E-state index contributed by atoms with van der Waals surface area (Å²) in [5.41, 5.74) is 5.34. The summed E-state index contributed by atoms with van der Waals surface area (Å²) in [6, 6.07) is 12.8. The molecule has 0 aliphatic heterocycles. The smallest absolute Gasteiger partial charge is 0.0595 e. The van der Waals surface area contributed by atoms with Crippen LogP contribution in [0, 0.1) is 0 Å². The molecule has 0 unspecified atom stereocenters. The molecular weight excluding hydrogens is 349 g/mol. The van der Waals surface area contributed by atoms with E-state index in [0.29, 0.717) is 21.9 Å². The first-order valence-electron chi connectivity index (χ1n) is 9.36. The topological polar surface area (TPSA) is 12.0 Å². The lowest BCUT2D eigenvalue weighted by molar-refractivity contribution is 0.444. The van der Waals surface area contributed by atoms with Crippen LogP contribution in [0.2, 0.25) is 10.0 Å². The molecule has 0 spiro atoms. The Balaban J connectivity index is 1.82. The average Bonchev–Trinajstić information content (AvgIpc) is 2.63. The van der Waals surface area contributed by atoms with Crippen LogP contribution in [0.5, 0.6) is 0 Å². The Kier molecular flexibility index (Phi) is 6.30. The van der Waals surface area contributed by atoms with Crippen molar-refractivity contribution in [1.29, 1.82) is 0 Å². The zero-order chi connectivity index (χ0) is 17.8. The van der Waals surface area contributed by atoms with Crippen molar-refractivity contribution in [3.8, 4) is 0 Å². The highest BCUT2D eigenvalue weighted by Gasteiger charge is 2.19. The quantitative estimate of drug-likeness (QED) is 0.562. The van der Waals surface area contributed by atoms with Gasteiger partial charge in [-0.2, -0.15) is 0 Å². The Hall–Kier alpha value is -1.18. The van der Waals surface area contributed by atoms with Crippen molar-refractivity contribution < 1.29 is 0 Å². The average molecular weight is 376 g/mol. The van der Waals surface area contributed by atoms with Gasteiger partial charge in [-0.25, -0.2) is 0 Å². The van der Waals surface area contributed by atoms with Crippen molar-refractivity contribution in [2.75, 3.05) is 5.32 Å². The molecule has 0 amide bonds. The number of halogens is 2. The number of anilines is 1. The van der Waals surface area contributed by atoms with Crippen LogP contribution in [0.3, 0.4) is 0 Å². The van der Waals surface area contributed by atoms with Gasteiger partial charge in [0.05, 0.1) is 10.0 Å². The molecule has 1 saturated carbocycles. The lowest BCUT2D eigenvalue weighted by Gasteiger charge is -2.26. The molecule has 0 atom stereocenters. The second-order valence-electron chi connectivity index (χ2n) is 7.44. The molecule has 25 heavy (non-hydrogen) atoms. The summed E-state index contributed by atoms with van der Waals surface area (Å²) in [6.07, 6.45) is 6.70. The van der Waals surface area contributed by atoms with Crippen LogP contribution in [0.1, 0.15) is 74.5 Å². The van der Waals surface area contributed by atoms with Gasteiger partial charge in [0.25, 0.3) is 0 Å². The third kappa shape index (κ3) is 4.71. The number of hydrogen-bond donors (Lipinski definition) is 1. The van der Waals surface area contributed by atoms with Crippen molar-refractivity contribution in [1.82, 2.24) is 0 Å². The van der Waals surface area contributed by atoms with Crippen LogP contribution in [0.4, 0.5) is 5.69 Å². The van der Waals surface area contributed by atoms with Gasteiger partial charge in [0.1, 0.15) is 0 Å². The molecule has 0 saturated heterocycles. The Bertz CT molecular complexity index is 718. The number of benzene rings is 2. The fraction of sp³-hybridized carbons (Fsp3) is 0.455. The van der Waals surface area contributed by atoms with Crippen LogP contribution in [0.15, 0.2) is 36.4 Å². The van der Waals surface area contributed by atoms with E-state index in [1.807, 2.05) is 18.2 Å². The van der Waals surface area contributed by atoms with Gasteiger partial charge in [0, 0.05) is 12.2 Å². The summed E-state index contributed by atoms with van der Waals surface area (Å²) >= 11 is 12.2. The number of nitrogens with one attached hydrogen (secondary N) is 1. The summed E-state index contributed by atoms with van der Waals surface area (Å²) < 4.78 is 0. The zero-order valence-electron chi connectivity index (χ0n) is 15.1. The molecule has 1 fully saturated rings. The molecule has 134 valence electrons. The number of hydrogen-bond acceptors (Lipinski definition) is 1. The molecular formula is C22H27Cl2N. The van der Waals surface area contributed by atoms with Crippen molar-refractivity contribution in [2.45, 2.75) is 64.3 Å². The first kappa shape index (κ1) is 18.6. The van der Waals surface area contributed by atoms with E-state index in [-0.39, 0.29) is 0 Å². The van der Waals surface area contributed by atoms with Gasteiger partial charge in [-0.05, 0) is 59.6 Å². The normalized spacial score (nSPS) is 15.6. The minimum Gasteiger partial charge on any atom is -0.381 e. The van der Waals surface area contributed by atoms with Gasteiger partial charge in [0.15, 0.2) is 0 Å². The van der Waals surface area contributed by atoms with E-state index in [0.717, 1.165) is 12.1 Å². The summed E-state index contributed by atoms with van der Waals surface area (Å²) in [4.78, 5) is 0. The largest absolute Gasteiger partial charge is 0.381 e. The van der Waals surface area contributed by atoms with Gasteiger partial charge in [-0.1, -0.05) is 74.5 Å². The van der Waals surface area contributed by atoms with Crippen LogP contribution in [0.25, 0.3) is 0 Å². The predicted molar refractivity (Wildman–Crippen MR) is 110 cm³/mol.